The first-order chi connectivity index (χ1) is 6.75. The number of rotatable bonds is 2. The van der Waals surface area contributed by atoms with Crippen molar-refractivity contribution in [3.63, 3.8) is 0 Å². The van der Waals surface area contributed by atoms with Gasteiger partial charge in [0.2, 0.25) is 0 Å². The van der Waals surface area contributed by atoms with E-state index in [2.05, 4.69) is 18.4 Å². The molecule has 0 atom stereocenters. The molecule has 3 heteroatoms. The third-order valence-corrected chi connectivity index (χ3v) is 4.06. The third-order valence-electron chi connectivity index (χ3n) is 3.04. The Bertz CT molecular complexity index is 289. The molecule has 2 N–H and O–H groups in total. The highest BCUT2D eigenvalue weighted by atomic mass is 32.1. The summed E-state index contributed by atoms with van der Waals surface area (Å²) in [6.45, 7) is 5.58. The fourth-order valence-electron chi connectivity index (χ4n) is 2.00. The van der Waals surface area contributed by atoms with Crippen LogP contribution < -0.4 is 4.90 Å². The van der Waals surface area contributed by atoms with Crippen molar-refractivity contribution in [1.82, 2.24) is 0 Å². The molecule has 1 saturated heterocycles. The smallest absolute Gasteiger partial charge is 0.112 e. The van der Waals surface area contributed by atoms with Crippen molar-refractivity contribution in [3.8, 4) is 0 Å². The van der Waals surface area contributed by atoms with E-state index in [1.165, 1.54) is 10.4 Å². The number of nitrogens with one attached hydrogen (secondary N) is 1. The Hall–Kier alpha value is -0.380. The molecule has 2 nitrogen and oxygen atoms in total. The van der Waals surface area contributed by atoms with Gasteiger partial charge in [0.1, 0.15) is 6.54 Å². The van der Waals surface area contributed by atoms with Gasteiger partial charge in [0.25, 0.3) is 0 Å². The van der Waals surface area contributed by atoms with Gasteiger partial charge in [-0.3, -0.25) is 0 Å². The van der Waals surface area contributed by atoms with Crippen molar-refractivity contribution in [1.29, 1.82) is 0 Å². The Labute approximate surface area is 89.2 Å². The summed E-state index contributed by atoms with van der Waals surface area (Å²) in [5, 5.41) is 11.6. The average Bonchev–Trinajstić information content (AvgIpc) is 2.56. The van der Waals surface area contributed by atoms with Crippen LogP contribution in [0.5, 0.6) is 0 Å². The lowest BCUT2D eigenvalue weighted by Crippen LogP contribution is -3.12. The Kier molecular flexibility index (Phi) is 3.21. The molecule has 1 aromatic heterocycles. The molecule has 0 spiro atoms. The Morgan fingerprint density at radius 2 is 2.21 bits per heavy atom. The first-order valence-corrected chi connectivity index (χ1v) is 6.18. The number of aliphatic hydroxyl groups is 1. The normalized spacial score (nSPS) is 27.9. The van der Waals surface area contributed by atoms with Crippen LogP contribution in [0, 0.1) is 6.92 Å². The van der Waals surface area contributed by atoms with Gasteiger partial charge < -0.3 is 10.0 Å². The van der Waals surface area contributed by atoms with E-state index >= 15 is 0 Å². The van der Waals surface area contributed by atoms with Crippen molar-refractivity contribution < 1.29 is 10.0 Å². The lowest BCUT2D eigenvalue weighted by atomic mass is 10.1. The summed E-state index contributed by atoms with van der Waals surface area (Å²) in [4.78, 5) is 3.14. The van der Waals surface area contributed by atoms with Crippen LogP contribution >= 0.6 is 11.3 Å². The van der Waals surface area contributed by atoms with Gasteiger partial charge in [-0.15, -0.1) is 11.3 Å². The van der Waals surface area contributed by atoms with E-state index in [1.807, 2.05) is 11.3 Å². The maximum atomic E-state index is 9.40. The van der Waals surface area contributed by atoms with Crippen LogP contribution in [0.15, 0.2) is 11.4 Å². The van der Waals surface area contributed by atoms with Crippen LogP contribution in [0.25, 0.3) is 0 Å². The standard InChI is InChI=1S/C11H17NOS/c1-9-4-7-14-11(9)8-12-5-2-10(13)3-6-12/h4,7,10,13H,2-3,5-6,8H2,1H3/p+1. The summed E-state index contributed by atoms with van der Waals surface area (Å²) in [7, 11) is 0. The van der Waals surface area contributed by atoms with E-state index in [0.29, 0.717) is 0 Å². The zero-order valence-corrected chi connectivity index (χ0v) is 9.44. The van der Waals surface area contributed by atoms with Crippen molar-refractivity contribution in [3.05, 3.63) is 21.9 Å². The van der Waals surface area contributed by atoms with Gasteiger partial charge in [0, 0.05) is 12.8 Å². The molecule has 2 heterocycles. The van der Waals surface area contributed by atoms with E-state index < -0.39 is 0 Å². The van der Waals surface area contributed by atoms with Crippen molar-refractivity contribution in [2.45, 2.75) is 32.4 Å². The molecule has 2 rings (SSSR count). The number of aryl methyl sites for hydroxylation is 1. The summed E-state index contributed by atoms with van der Waals surface area (Å²) in [5.74, 6) is 0. The summed E-state index contributed by atoms with van der Waals surface area (Å²) >= 11 is 1.86. The molecule has 0 amide bonds. The summed E-state index contributed by atoms with van der Waals surface area (Å²) < 4.78 is 0. The zero-order chi connectivity index (χ0) is 9.97. The monoisotopic (exact) mass is 212 g/mol. The van der Waals surface area contributed by atoms with Gasteiger partial charge in [0.05, 0.1) is 24.1 Å². The van der Waals surface area contributed by atoms with E-state index in [0.717, 1.165) is 32.5 Å². The average molecular weight is 212 g/mol. The van der Waals surface area contributed by atoms with E-state index in [9.17, 15) is 5.11 Å². The van der Waals surface area contributed by atoms with Crippen molar-refractivity contribution in [2.75, 3.05) is 13.1 Å². The van der Waals surface area contributed by atoms with Crippen molar-refractivity contribution in [2.24, 2.45) is 0 Å². The lowest BCUT2D eigenvalue weighted by molar-refractivity contribution is -0.919. The van der Waals surface area contributed by atoms with Crippen LogP contribution in [0.2, 0.25) is 0 Å². The van der Waals surface area contributed by atoms with Crippen molar-refractivity contribution >= 4 is 11.3 Å². The van der Waals surface area contributed by atoms with E-state index in [-0.39, 0.29) is 6.10 Å². The number of piperidine rings is 1. The molecular weight excluding hydrogens is 194 g/mol. The summed E-state index contributed by atoms with van der Waals surface area (Å²) in [6.07, 6.45) is 1.91. The number of hydrogen-bond donors (Lipinski definition) is 2. The maximum absolute atomic E-state index is 9.40. The number of quaternary nitrogens is 1. The van der Waals surface area contributed by atoms with Gasteiger partial charge in [-0.05, 0) is 23.9 Å². The predicted molar refractivity (Wildman–Crippen MR) is 58.7 cm³/mol. The number of aliphatic hydroxyl groups excluding tert-OH is 1. The molecule has 1 aliphatic heterocycles. The topological polar surface area (TPSA) is 24.7 Å². The Morgan fingerprint density at radius 3 is 2.79 bits per heavy atom. The third kappa shape index (κ3) is 2.35. The molecule has 0 unspecified atom stereocenters. The Balaban J connectivity index is 1.89. The predicted octanol–water partition coefficient (Wildman–Crippen LogP) is 0.596. The molecule has 0 aliphatic carbocycles. The quantitative estimate of drug-likeness (QED) is 0.737. The second kappa shape index (κ2) is 4.43. The fourth-order valence-corrected chi connectivity index (χ4v) is 2.98. The second-order valence-corrected chi connectivity index (χ2v) is 5.19. The number of thiophene rings is 1. The first-order valence-electron chi connectivity index (χ1n) is 5.30. The molecule has 0 saturated carbocycles. The molecule has 78 valence electrons. The van der Waals surface area contributed by atoms with Crippen LogP contribution in [0.1, 0.15) is 23.3 Å². The van der Waals surface area contributed by atoms with Gasteiger partial charge in [-0.2, -0.15) is 0 Å². The minimum atomic E-state index is -0.0387. The van der Waals surface area contributed by atoms with Crippen LogP contribution in [-0.2, 0) is 6.54 Å². The molecule has 0 radical (unpaired) electrons. The lowest BCUT2D eigenvalue weighted by Gasteiger charge is -2.26. The molecule has 0 bridgehead atoms. The highest BCUT2D eigenvalue weighted by Gasteiger charge is 2.20. The molecular formula is C11H18NOS+. The Morgan fingerprint density at radius 1 is 1.50 bits per heavy atom. The molecule has 14 heavy (non-hydrogen) atoms. The molecule has 0 aromatic carbocycles. The van der Waals surface area contributed by atoms with Gasteiger partial charge in [-0.25, -0.2) is 0 Å². The molecule has 1 aromatic rings. The largest absolute Gasteiger partial charge is 0.393 e. The van der Waals surface area contributed by atoms with Crippen LogP contribution in [0.4, 0.5) is 0 Å². The van der Waals surface area contributed by atoms with Gasteiger partial charge in [-0.1, -0.05) is 0 Å². The van der Waals surface area contributed by atoms with Crippen LogP contribution in [-0.4, -0.2) is 24.3 Å². The maximum Gasteiger partial charge on any atom is 0.112 e. The first kappa shape index (κ1) is 10.1. The minimum absolute atomic E-state index is 0.0387. The molecule has 1 aliphatic rings. The van der Waals surface area contributed by atoms with Gasteiger partial charge >= 0.3 is 0 Å². The number of hydrogen-bond acceptors (Lipinski definition) is 2. The summed E-state index contributed by atoms with van der Waals surface area (Å²) in [6, 6.07) is 2.19. The summed E-state index contributed by atoms with van der Waals surface area (Å²) in [5.41, 5.74) is 1.42. The van der Waals surface area contributed by atoms with Crippen LogP contribution in [0.3, 0.4) is 0 Å². The SMILES string of the molecule is Cc1ccsc1C[NH+]1CCC(O)CC1. The fraction of sp³-hybridized carbons (Fsp3) is 0.636. The zero-order valence-electron chi connectivity index (χ0n) is 8.62. The highest BCUT2D eigenvalue weighted by Crippen LogP contribution is 2.14. The second-order valence-electron chi connectivity index (χ2n) is 4.18. The van der Waals surface area contributed by atoms with E-state index in [1.54, 1.807) is 4.90 Å². The number of likely N-dealkylation sites (tertiary alicyclic amines) is 1. The minimum Gasteiger partial charge on any atom is -0.393 e. The van der Waals surface area contributed by atoms with Gasteiger partial charge in [0.15, 0.2) is 0 Å². The molecule has 1 fully saturated rings. The van der Waals surface area contributed by atoms with E-state index in [4.69, 9.17) is 0 Å². The highest BCUT2D eigenvalue weighted by molar-refractivity contribution is 7.10.